The number of thiol groups is 4. The number of hydrogen-bond acceptors (Lipinski definition) is 6. The average molecular weight is 855 g/mol. The molecule has 0 fully saturated rings. The van der Waals surface area contributed by atoms with Gasteiger partial charge in [0.15, 0.2) is 0 Å². The molecule has 246 valence electrons. The average Bonchev–Trinajstić information content (AvgIpc) is 3.78. The van der Waals surface area contributed by atoms with Crippen LogP contribution in [-0.4, -0.2) is 44.6 Å². The van der Waals surface area contributed by atoms with Gasteiger partial charge in [0.1, 0.15) is 0 Å². The SMILES string of the molecule is O=C1C2=C3c4cc5c(cc4C=CN3C(=O)C2=C2c3cc4c(cc3C=CN12)-c1ccc(Br)cc1C4(CS)CS)-c1ccc(Br)cc1C5(CS)CS. The van der Waals surface area contributed by atoms with Crippen molar-refractivity contribution in [2.45, 2.75) is 10.8 Å². The molecule has 10 heteroatoms. The number of halogens is 2. The number of carbonyl (C=O) groups excluding carboxylic acids is 2. The lowest BCUT2D eigenvalue weighted by Gasteiger charge is -2.31. The summed E-state index contributed by atoms with van der Waals surface area (Å²) in [6, 6.07) is 21.5. The van der Waals surface area contributed by atoms with Crippen molar-refractivity contribution in [3.8, 4) is 22.3 Å². The van der Waals surface area contributed by atoms with Crippen LogP contribution in [0.15, 0.2) is 93.2 Å². The van der Waals surface area contributed by atoms with Crippen LogP contribution in [0.1, 0.15) is 44.5 Å². The molecule has 2 amide bonds. The van der Waals surface area contributed by atoms with E-state index in [1.165, 1.54) is 11.1 Å². The van der Waals surface area contributed by atoms with Crippen molar-refractivity contribution < 1.29 is 9.59 Å². The summed E-state index contributed by atoms with van der Waals surface area (Å²) >= 11 is 26.8. The molecule has 0 atom stereocenters. The van der Waals surface area contributed by atoms with Crippen LogP contribution in [0.25, 0.3) is 45.8 Å². The zero-order valence-corrected chi connectivity index (χ0v) is 32.9. The Morgan fingerprint density at radius 1 is 0.500 bits per heavy atom. The van der Waals surface area contributed by atoms with Crippen LogP contribution in [0.4, 0.5) is 0 Å². The van der Waals surface area contributed by atoms with E-state index in [0.29, 0.717) is 45.6 Å². The highest BCUT2D eigenvalue weighted by Crippen LogP contribution is 2.57. The molecule has 10 rings (SSSR count). The Balaban J connectivity index is 1.20. The summed E-state index contributed by atoms with van der Waals surface area (Å²) in [4.78, 5) is 32.4. The standard InChI is InChI=1S/C40H26Br2N2O2S4/c41-21-1-3-23-27-9-19-5-7-43-35(25(19)13-31(27)39(15-47,16-48)29(23)11-21)33-34(38(43)46)36-26-14-32-28(10-20(26)6-8-44(36)37(33)45)24-4-2-22(42)12-30(24)40(32,17-49)18-50/h1-14,47-50H,15-18H2. The van der Waals surface area contributed by atoms with Crippen LogP contribution in [-0.2, 0) is 20.4 Å². The highest BCUT2D eigenvalue weighted by atomic mass is 79.9. The minimum Gasteiger partial charge on any atom is -0.282 e. The molecule has 0 spiro atoms. The number of carbonyl (C=O) groups is 2. The Labute approximate surface area is 328 Å². The first kappa shape index (κ1) is 31.8. The van der Waals surface area contributed by atoms with Crippen molar-refractivity contribution in [2.75, 3.05) is 23.0 Å². The summed E-state index contributed by atoms with van der Waals surface area (Å²) < 4.78 is 2.00. The van der Waals surface area contributed by atoms with Crippen molar-refractivity contribution in [3.05, 3.63) is 138 Å². The molecule has 0 aromatic heterocycles. The molecule has 4 nitrogen and oxygen atoms in total. The zero-order valence-electron chi connectivity index (χ0n) is 26.2. The molecule has 0 N–H and O–H groups in total. The predicted molar refractivity (Wildman–Crippen MR) is 222 cm³/mol. The van der Waals surface area contributed by atoms with Crippen LogP contribution in [0, 0.1) is 0 Å². The Morgan fingerprint density at radius 2 is 0.880 bits per heavy atom. The van der Waals surface area contributed by atoms with E-state index in [9.17, 15) is 9.59 Å². The number of rotatable bonds is 4. The van der Waals surface area contributed by atoms with E-state index in [0.717, 1.165) is 64.6 Å². The quantitative estimate of drug-likeness (QED) is 0.155. The summed E-state index contributed by atoms with van der Waals surface area (Å²) in [6.45, 7) is 0. The molecule has 0 saturated carbocycles. The van der Waals surface area contributed by atoms with E-state index in [4.69, 9.17) is 50.5 Å². The van der Waals surface area contributed by atoms with Gasteiger partial charge in [0.05, 0.1) is 22.5 Å². The molecule has 0 unspecified atom stereocenters. The predicted octanol–water partition coefficient (Wildman–Crippen LogP) is 9.24. The number of benzene rings is 4. The summed E-state index contributed by atoms with van der Waals surface area (Å²) in [6.07, 6.45) is 7.59. The van der Waals surface area contributed by atoms with Crippen LogP contribution >= 0.6 is 82.4 Å². The fraction of sp³-hybridized carbons (Fsp3) is 0.150. The molecular formula is C40H26Br2N2O2S4. The molecule has 0 bridgehead atoms. The van der Waals surface area contributed by atoms with Gasteiger partial charge < -0.3 is 0 Å². The lowest BCUT2D eigenvalue weighted by molar-refractivity contribution is -0.122. The molecule has 6 aliphatic rings. The molecule has 50 heavy (non-hydrogen) atoms. The summed E-state index contributed by atoms with van der Waals surface area (Å²) in [7, 11) is 0. The Morgan fingerprint density at radius 3 is 1.26 bits per heavy atom. The minimum atomic E-state index is -0.435. The number of fused-ring (bicyclic) bond motifs is 13. The van der Waals surface area contributed by atoms with Gasteiger partial charge in [0, 0.05) is 66.3 Å². The van der Waals surface area contributed by atoms with E-state index >= 15 is 0 Å². The van der Waals surface area contributed by atoms with E-state index < -0.39 is 10.8 Å². The first-order chi connectivity index (χ1) is 24.2. The van der Waals surface area contributed by atoms with Crippen LogP contribution in [0.3, 0.4) is 0 Å². The van der Waals surface area contributed by atoms with Gasteiger partial charge in [-0.3, -0.25) is 19.4 Å². The first-order valence-electron chi connectivity index (χ1n) is 16.2. The highest BCUT2D eigenvalue weighted by Gasteiger charge is 2.52. The summed E-state index contributed by atoms with van der Waals surface area (Å²) in [5.74, 6) is 1.84. The monoisotopic (exact) mass is 852 g/mol. The van der Waals surface area contributed by atoms with Gasteiger partial charge in [0.2, 0.25) is 0 Å². The van der Waals surface area contributed by atoms with Crippen molar-refractivity contribution in [2.24, 2.45) is 0 Å². The van der Waals surface area contributed by atoms with Gasteiger partial charge >= 0.3 is 0 Å². The molecule has 4 aliphatic heterocycles. The highest BCUT2D eigenvalue weighted by molar-refractivity contribution is 9.10. The van der Waals surface area contributed by atoms with Crippen LogP contribution < -0.4 is 0 Å². The van der Waals surface area contributed by atoms with Gasteiger partial charge in [-0.1, -0.05) is 44.0 Å². The van der Waals surface area contributed by atoms with Gasteiger partial charge in [0.25, 0.3) is 11.8 Å². The fourth-order valence-corrected chi connectivity index (χ4v) is 11.9. The van der Waals surface area contributed by atoms with Crippen molar-refractivity contribution in [1.29, 1.82) is 0 Å². The molecule has 0 saturated heterocycles. The lowest BCUT2D eigenvalue weighted by atomic mass is 9.80. The maximum absolute atomic E-state index is 14.5. The van der Waals surface area contributed by atoms with Crippen molar-refractivity contribution in [3.63, 3.8) is 0 Å². The van der Waals surface area contributed by atoms with Gasteiger partial charge in [-0.2, -0.15) is 50.5 Å². The third kappa shape index (κ3) is 3.75. The number of nitrogens with zero attached hydrogens (tertiary/aromatic N) is 2. The summed E-state index contributed by atoms with van der Waals surface area (Å²) in [5.41, 5.74) is 14.1. The van der Waals surface area contributed by atoms with Crippen molar-refractivity contribution in [1.82, 2.24) is 9.80 Å². The molecule has 4 heterocycles. The van der Waals surface area contributed by atoms with Crippen LogP contribution in [0.2, 0.25) is 0 Å². The third-order valence-corrected chi connectivity index (χ3v) is 14.6. The molecule has 0 radical (unpaired) electrons. The zero-order chi connectivity index (χ0) is 34.4. The smallest absolute Gasteiger partial charge is 0.265 e. The lowest BCUT2D eigenvalue weighted by Crippen LogP contribution is -2.31. The second kappa shape index (κ2) is 10.8. The summed E-state index contributed by atoms with van der Waals surface area (Å²) in [5, 5.41) is 0. The second-order valence-corrected chi connectivity index (χ2v) is 16.7. The Bertz CT molecular complexity index is 2300. The van der Waals surface area contributed by atoms with E-state index in [1.54, 1.807) is 9.80 Å². The van der Waals surface area contributed by atoms with Gasteiger partial charge in [-0.25, -0.2) is 0 Å². The molecular weight excluding hydrogens is 829 g/mol. The number of amides is 2. The largest absolute Gasteiger partial charge is 0.282 e. The van der Waals surface area contributed by atoms with Gasteiger partial charge in [-0.15, -0.1) is 0 Å². The van der Waals surface area contributed by atoms with E-state index in [2.05, 4.69) is 92.5 Å². The van der Waals surface area contributed by atoms with Crippen LogP contribution in [0.5, 0.6) is 0 Å². The molecule has 2 aliphatic carbocycles. The minimum absolute atomic E-state index is 0.200. The first-order valence-corrected chi connectivity index (χ1v) is 20.3. The van der Waals surface area contributed by atoms with Gasteiger partial charge in [-0.05, 0) is 116 Å². The Kier molecular flexibility index (Phi) is 6.90. The van der Waals surface area contributed by atoms with Crippen molar-refractivity contribution >= 4 is 118 Å². The molecule has 4 aromatic rings. The maximum atomic E-state index is 14.5. The topological polar surface area (TPSA) is 40.6 Å². The van der Waals surface area contributed by atoms with E-state index in [1.807, 2.05) is 24.6 Å². The third-order valence-electron chi connectivity index (χ3n) is 11.5. The van der Waals surface area contributed by atoms with E-state index in [-0.39, 0.29) is 11.8 Å². The fourth-order valence-electron chi connectivity index (χ4n) is 8.98. The molecule has 4 aromatic carbocycles. The number of hydrogen-bond donors (Lipinski definition) is 4. The second-order valence-electron chi connectivity index (χ2n) is 13.6. The maximum Gasteiger partial charge on any atom is 0.265 e. The normalized spacial score (nSPS) is 18.9. The Hall–Kier alpha value is -2.86.